The molecular formula is C12H28O5Si. The summed E-state index contributed by atoms with van der Waals surface area (Å²) in [6, 6.07) is 0. The molecule has 0 aromatic rings. The molecule has 6 heteroatoms. The molecule has 110 valence electrons. The van der Waals surface area contributed by atoms with E-state index in [9.17, 15) is 0 Å². The molecule has 0 aliphatic heterocycles. The van der Waals surface area contributed by atoms with Gasteiger partial charge in [0.2, 0.25) is 8.32 Å². The van der Waals surface area contributed by atoms with E-state index in [2.05, 4.69) is 13.1 Å². The Labute approximate surface area is 112 Å². The van der Waals surface area contributed by atoms with Crippen LogP contribution in [0.25, 0.3) is 0 Å². The first-order valence-electron chi connectivity index (χ1n) is 6.57. The van der Waals surface area contributed by atoms with Crippen LogP contribution in [0.1, 0.15) is 13.8 Å². The summed E-state index contributed by atoms with van der Waals surface area (Å²) in [7, 11) is -1.78. The average molecular weight is 280 g/mol. The van der Waals surface area contributed by atoms with Crippen LogP contribution in [0, 0.1) is 0 Å². The van der Waals surface area contributed by atoms with Gasteiger partial charge in [0.25, 0.3) is 0 Å². The summed E-state index contributed by atoms with van der Waals surface area (Å²) in [4.78, 5) is 0. The Balaban J connectivity index is 3.37. The van der Waals surface area contributed by atoms with Crippen molar-refractivity contribution in [2.45, 2.75) is 26.9 Å². The van der Waals surface area contributed by atoms with Crippen LogP contribution in [0.3, 0.4) is 0 Å². The first-order valence-corrected chi connectivity index (χ1v) is 9.69. The smallest absolute Gasteiger partial charge is 0.215 e. The highest BCUT2D eigenvalue weighted by Crippen LogP contribution is 2.04. The highest BCUT2D eigenvalue weighted by Gasteiger charge is 2.22. The number of hydrogen-bond acceptors (Lipinski definition) is 5. The molecule has 0 aliphatic carbocycles. The molecule has 0 aromatic carbocycles. The second-order valence-electron chi connectivity index (χ2n) is 4.38. The maximum atomic E-state index is 5.71. The fourth-order valence-corrected chi connectivity index (χ4v) is 2.27. The molecule has 0 unspecified atom stereocenters. The van der Waals surface area contributed by atoms with Gasteiger partial charge in [-0.1, -0.05) is 0 Å². The average Bonchev–Trinajstić information content (AvgIpc) is 2.33. The van der Waals surface area contributed by atoms with E-state index in [1.165, 1.54) is 0 Å². The summed E-state index contributed by atoms with van der Waals surface area (Å²) >= 11 is 0. The summed E-state index contributed by atoms with van der Waals surface area (Å²) in [5, 5.41) is 0. The van der Waals surface area contributed by atoms with Gasteiger partial charge in [-0.25, -0.2) is 0 Å². The fourth-order valence-electron chi connectivity index (χ4n) is 1.14. The molecule has 18 heavy (non-hydrogen) atoms. The van der Waals surface area contributed by atoms with E-state index in [1.807, 2.05) is 13.8 Å². The van der Waals surface area contributed by atoms with Crippen molar-refractivity contribution in [3.05, 3.63) is 0 Å². The Kier molecular flexibility index (Phi) is 12.1. The van der Waals surface area contributed by atoms with Crippen LogP contribution in [-0.4, -0.2) is 61.0 Å². The van der Waals surface area contributed by atoms with Crippen molar-refractivity contribution >= 4 is 8.32 Å². The molecule has 0 bridgehead atoms. The molecule has 0 radical (unpaired) electrons. The molecule has 0 aromatic heterocycles. The van der Waals surface area contributed by atoms with Crippen molar-refractivity contribution in [3.63, 3.8) is 0 Å². The molecule has 0 amide bonds. The van der Waals surface area contributed by atoms with Crippen LogP contribution in [0.2, 0.25) is 13.1 Å². The van der Waals surface area contributed by atoms with Crippen molar-refractivity contribution in [2.24, 2.45) is 0 Å². The van der Waals surface area contributed by atoms with Gasteiger partial charge in [-0.2, -0.15) is 0 Å². The lowest BCUT2D eigenvalue weighted by atomic mass is 10.7. The van der Waals surface area contributed by atoms with E-state index >= 15 is 0 Å². The Bertz CT molecular complexity index is 178. The summed E-state index contributed by atoms with van der Waals surface area (Å²) in [6.07, 6.45) is 0.662. The Morgan fingerprint density at radius 1 is 0.722 bits per heavy atom. The molecule has 5 nitrogen and oxygen atoms in total. The summed E-state index contributed by atoms with van der Waals surface area (Å²) in [6.45, 7) is 12.4. The largest absolute Gasteiger partial charge is 0.393 e. The van der Waals surface area contributed by atoms with E-state index in [0.29, 0.717) is 39.5 Å². The quantitative estimate of drug-likeness (QED) is 0.292. The fraction of sp³-hybridized carbons (Fsp3) is 1.00. The second-order valence-corrected chi connectivity index (χ2v) is 8.47. The first kappa shape index (κ1) is 18.0. The lowest BCUT2D eigenvalue weighted by Crippen LogP contribution is -2.38. The van der Waals surface area contributed by atoms with Crippen molar-refractivity contribution in [1.29, 1.82) is 0 Å². The van der Waals surface area contributed by atoms with Crippen LogP contribution in [0.4, 0.5) is 0 Å². The zero-order valence-corrected chi connectivity index (χ0v) is 13.2. The predicted molar refractivity (Wildman–Crippen MR) is 73.2 cm³/mol. The molecular weight excluding hydrogens is 252 g/mol. The normalized spacial score (nSPS) is 12.0. The monoisotopic (exact) mass is 280 g/mol. The first-order chi connectivity index (χ1) is 8.62. The van der Waals surface area contributed by atoms with Crippen LogP contribution < -0.4 is 0 Å². The number of rotatable bonds is 13. The number of hydrogen-bond donors (Lipinski definition) is 0. The summed E-state index contributed by atoms with van der Waals surface area (Å²) in [5.74, 6) is 0. The van der Waals surface area contributed by atoms with Gasteiger partial charge in [0.05, 0.1) is 32.7 Å². The molecule has 0 rings (SSSR count). The lowest BCUT2D eigenvalue weighted by Gasteiger charge is -2.22. The highest BCUT2D eigenvalue weighted by molar-refractivity contribution is 6.71. The van der Waals surface area contributed by atoms with Gasteiger partial charge in [-0.05, 0) is 26.9 Å². The summed E-state index contributed by atoms with van der Waals surface area (Å²) in [5.41, 5.74) is 0. The minimum atomic E-state index is -1.78. The third-order valence-electron chi connectivity index (χ3n) is 2.13. The van der Waals surface area contributed by atoms with Crippen LogP contribution in [0.15, 0.2) is 0 Å². The predicted octanol–water partition coefficient (Wildman–Crippen LogP) is 1.81. The van der Waals surface area contributed by atoms with Gasteiger partial charge in [0.15, 0.2) is 0 Å². The van der Waals surface area contributed by atoms with Gasteiger partial charge in [-0.3, -0.25) is 0 Å². The van der Waals surface area contributed by atoms with Crippen LogP contribution in [0.5, 0.6) is 0 Å². The van der Waals surface area contributed by atoms with E-state index < -0.39 is 8.32 Å². The third-order valence-corrected chi connectivity index (χ3v) is 3.93. The maximum Gasteiger partial charge on any atom is 0.215 e. The summed E-state index contributed by atoms with van der Waals surface area (Å²) < 4.78 is 26.9. The van der Waals surface area contributed by atoms with Crippen molar-refractivity contribution < 1.29 is 23.4 Å². The SMILES string of the molecule is CCOCCOCO[Si](C)(C)COCCOCC. The van der Waals surface area contributed by atoms with Crippen molar-refractivity contribution in [3.8, 4) is 0 Å². The van der Waals surface area contributed by atoms with Crippen LogP contribution >= 0.6 is 0 Å². The molecule has 0 fully saturated rings. The van der Waals surface area contributed by atoms with Crippen molar-refractivity contribution in [2.75, 3.05) is 52.7 Å². The third kappa shape index (κ3) is 12.5. The standard InChI is InChI=1S/C12H28O5Si/c1-5-13-7-9-15-11-17-18(3,4)12-16-10-8-14-6-2/h5-12H2,1-4H3. The molecule has 0 saturated heterocycles. The van der Waals surface area contributed by atoms with E-state index in [-0.39, 0.29) is 0 Å². The van der Waals surface area contributed by atoms with Gasteiger partial charge >= 0.3 is 0 Å². The highest BCUT2D eigenvalue weighted by atomic mass is 28.4. The Hall–Kier alpha value is 0.0169. The minimum absolute atomic E-state index is 0.321. The van der Waals surface area contributed by atoms with E-state index in [1.54, 1.807) is 0 Å². The zero-order valence-electron chi connectivity index (χ0n) is 12.2. The van der Waals surface area contributed by atoms with Gasteiger partial charge < -0.3 is 23.4 Å². The number of ether oxygens (including phenoxy) is 4. The zero-order chi connectivity index (χ0) is 13.7. The molecule has 0 aliphatic rings. The molecule has 0 heterocycles. The van der Waals surface area contributed by atoms with Gasteiger partial charge in [0, 0.05) is 13.2 Å². The van der Waals surface area contributed by atoms with Crippen LogP contribution in [-0.2, 0) is 23.4 Å². The lowest BCUT2D eigenvalue weighted by molar-refractivity contribution is -0.0233. The second kappa shape index (κ2) is 12.1. The van der Waals surface area contributed by atoms with Gasteiger partial charge in [0.1, 0.15) is 6.79 Å². The molecule has 0 atom stereocenters. The van der Waals surface area contributed by atoms with Crippen molar-refractivity contribution in [1.82, 2.24) is 0 Å². The van der Waals surface area contributed by atoms with Gasteiger partial charge in [-0.15, -0.1) is 0 Å². The maximum absolute atomic E-state index is 5.71. The van der Waals surface area contributed by atoms with E-state index in [4.69, 9.17) is 23.4 Å². The minimum Gasteiger partial charge on any atom is -0.393 e. The molecule has 0 spiro atoms. The molecule has 0 saturated carbocycles. The van der Waals surface area contributed by atoms with E-state index in [0.717, 1.165) is 13.2 Å². The Morgan fingerprint density at radius 2 is 1.22 bits per heavy atom. The Morgan fingerprint density at radius 3 is 1.78 bits per heavy atom. The topological polar surface area (TPSA) is 46.2 Å². The molecule has 0 N–H and O–H groups in total.